The lowest BCUT2D eigenvalue weighted by molar-refractivity contribution is 0.164. The molecule has 0 radical (unpaired) electrons. The molecule has 1 aromatic heterocycles. The molecule has 0 fully saturated rings. The first kappa shape index (κ1) is 8.94. The average Bonchev–Trinajstić information content (AvgIpc) is 2.15. The third-order valence-corrected chi connectivity index (χ3v) is 1.67. The van der Waals surface area contributed by atoms with Crippen molar-refractivity contribution in [2.24, 2.45) is 0 Å². The summed E-state index contributed by atoms with van der Waals surface area (Å²) in [6.07, 6.45) is 4.54. The highest BCUT2D eigenvalue weighted by atomic mass is 16.3. The van der Waals surface area contributed by atoms with Crippen LogP contribution in [0.25, 0.3) is 0 Å². The fourth-order valence-electron chi connectivity index (χ4n) is 0.997. The van der Waals surface area contributed by atoms with Crippen molar-refractivity contribution in [1.29, 1.82) is 0 Å². The van der Waals surface area contributed by atoms with Crippen LogP contribution in [-0.2, 0) is 0 Å². The van der Waals surface area contributed by atoms with E-state index in [0.717, 1.165) is 12.1 Å². The number of aliphatic hydroxyl groups is 1. The van der Waals surface area contributed by atoms with Gasteiger partial charge in [-0.1, -0.05) is 12.1 Å². The fraction of sp³-hybridized carbons (Fsp3) is 0.300. The molecule has 1 rings (SSSR count). The predicted molar refractivity (Wildman–Crippen MR) is 48.6 cm³/mol. The molecule has 2 nitrogen and oxygen atoms in total. The van der Waals surface area contributed by atoms with E-state index in [1.807, 2.05) is 18.2 Å². The Morgan fingerprint density at radius 2 is 2.42 bits per heavy atom. The molecule has 1 N–H and O–H groups in total. The Kier molecular flexibility index (Phi) is 3.48. The Morgan fingerprint density at radius 1 is 1.58 bits per heavy atom. The quantitative estimate of drug-likeness (QED) is 0.689. The zero-order valence-electron chi connectivity index (χ0n) is 6.98. The third kappa shape index (κ3) is 2.47. The van der Waals surface area contributed by atoms with Crippen LogP contribution in [0.3, 0.4) is 0 Å². The normalized spacial score (nSPS) is 12.4. The molecule has 1 unspecified atom stereocenters. The van der Waals surface area contributed by atoms with Crippen LogP contribution >= 0.6 is 0 Å². The first-order valence-corrected chi connectivity index (χ1v) is 4.04. The van der Waals surface area contributed by atoms with E-state index in [1.165, 1.54) is 0 Å². The van der Waals surface area contributed by atoms with Crippen LogP contribution in [0, 0.1) is 0 Å². The van der Waals surface area contributed by atoms with E-state index in [1.54, 1.807) is 12.3 Å². The molecule has 0 spiro atoms. The maximum absolute atomic E-state index is 9.54. The summed E-state index contributed by atoms with van der Waals surface area (Å²) in [6.45, 7) is 3.59. The third-order valence-electron chi connectivity index (χ3n) is 1.67. The minimum Gasteiger partial charge on any atom is -0.387 e. The number of aromatic nitrogens is 1. The van der Waals surface area contributed by atoms with E-state index in [0.29, 0.717) is 6.42 Å². The van der Waals surface area contributed by atoms with E-state index in [4.69, 9.17) is 0 Å². The van der Waals surface area contributed by atoms with Gasteiger partial charge in [-0.25, -0.2) is 0 Å². The van der Waals surface area contributed by atoms with Gasteiger partial charge < -0.3 is 5.11 Å². The second-order valence-corrected chi connectivity index (χ2v) is 2.64. The number of hydrogen-bond acceptors (Lipinski definition) is 2. The van der Waals surface area contributed by atoms with Gasteiger partial charge in [0.1, 0.15) is 0 Å². The average molecular weight is 163 g/mol. The lowest BCUT2D eigenvalue weighted by Crippen LogP contribution is -1.98. The van der Waals surface area contributed by atoms with Crippen LogP contribution in [0.1, 0.15) is 24.6 Å². The molecule has 1 aromatic rings. The topological polar surface area (TPSA) is 33.1 Å². The second-order valence-electron chi connectivity index (χ2n) is 2.64. The molecule has 12 heavy (non-hydrogen) atoms. The number of hydrogen-bond donors (Lipinski definition) is 1. The Labute approximate surface area is 72.6 Å². The van der Waals surface area contributed by atoms with E-state index >= 15 is 0 Å². The van der Waals surface area contributed by atoms with E-state index in [2.05, 4.69) is 11.6 Å². The summed E-state index contributed by atoms with van der Waals surface area (Å²) < 4.78 is 0. The Morgan fingerprint density at radius 3 is 3.00 bits per heavy atom. The maximum Gasteiger partial charge on any atom is 0.0962 e. The molecule has 0 aliphatic heterocycles. The van der Waals surface area contributed by atoms with Gasteiger partial charge in [0.2, 0.25) is 0 Å². The lowest BCUT2D eigenvalue weighted by Gasteiger charge is -2.06. The molecule has 2 heteroatoms. The standard InChI is InChI=1S/C10H13NO/c1-2-3-7-10(12)9-6-4-5-8-11-9/h2,4-6,8,10,12H,1,3,7H2. The zero-order valence-corrected chi connectivity index (χ0v) is 6.98. The first-order valence-electron chi connectivity index (χ1n) is 4.04. The highest BCUT2D eigenvalue weighted by Crippen LogP contribution is 2.14. The number of nitrogens with zero attached hydrogens (tertiary/aromatic N) is 1. The molecular formula is C10H13NO. The monoisotopic (exact) mass is 163 g/mol. The van der Waals surface area contributed by atoms with Crippen LogP contribution in [-0.4, -0.2) is 10.1 Å². The van der Waals surface area contributed by atoms with E-state index in [9.17, 15) is 5.11 Å². The molecule has 0 saturated carbocycles. The smallest absolute Gasteiger partial charge is 0.0962 e. The van der Waals surface area contributed by atoms with Gasteiger partial charge in [-0.15, -0.1) is 6.58 Å². The predicted octanol–water partition coefficient (Wildman–Crippen LogP) is 2.08. The maximum atomic E-state index is 9.54. The first-order chi connectivity index (χ1) is 5.84. The van der Waals surface area contributed by atoms with Gasteiger partial charge in [0.05, 0.1) is 11.8 Å². The summed E-state index contributed by atoms with van der Waals surface area (Å²) in [5.41, 5.74) is 0.736. The van der Waals surface area contributed by atoms with Crippen molar-refractivity contribution in [2.45, 2.75) is 18.9 Å². The summed E-state index contributed by atoms with van der Waals surface area (Å²) in [5, 5.41) is 9.54. The molecule has 1 heterocycles. The molecule has 0 aliphatic carbocycles. The van der Waals surface area contributed by atoms with Crippen molar-refractivity contribution in [3.63, 3.8) is 0 Å². The minimum absolute atomic E-state index is 0.454. The highest BCUT2D eigenvalue weighted by Gasteiger charge is 2.05. The molecular weight excluding hydrogens is 150 g/mol. The van der Waals surface area contributed by atoms with Crippen molar-refractivity contribution in [3.8, 4) is 0 Å². The largest absolute Gasteiger partial charge is 0.387 e. The van der Waals surface area contributed by atoms with Crippen molar-refractivity contribution in [3.05, 3.63) is 42.7 Å². The molecule has 1 atom stereocenters. The zero-order chi connectivity index (χ0) is 8.81. The number of allylic oxidation sites excluding steroid dienone is 1. The van der Waals surface area contributed by atoms with Gasteiger partial charge in [-0.2, -0.15) is 0 Å². The van der Waals surface area contributed by atoms with Crippen LogP contribution < -0.4 is 0 Å². The van der Waals surface area contributed by atoms with Crippen LogP contribution in [0.4, 0.5) is 0 Å². The summed E-state index contributed by atoms with van der Waals surface area (Å²) in [5.74, 6) is 0. The molecule has 0 amide bonds. The Balaban J connectivity index is 2.53. The molecule has 64 valence electrons. The van der Waals surface area contributed by atoms with E-state index in [-0.39, 0.29) is 0 Å². The highest BCUT2D eigenvalue weighted by molar-refractivity contribution is 5.06. The van der Waals surface area contributed by atoms with Crippen LogP contribution in [0.15, 0.2) is 37.1 Å². The van der Waals surface area contributed by atoms with Crippen LogP contribution in [0.2, 0.25) is 0 Å². The number of rotatable bonds is 4. The lowest BCUT2D eigenvalue weighted by atomic mass is 10.1. The van der Waals surface area contributed by atoms with Crippen molar-refractivity contribution < 1.29 is 5.11 Å². The molecule has 0 aromatic carbocycles. The molecule has 0 bridgehead atoms. The van der Waals surface area contributed by atoms with Gasteiger partial charge in [0, 0.05) is 6.20 Å². The summed E-state index contributed by atoms with van der Waals surface area (Å²) in [7, 11) is 0. The fourth-order valence-corrected chi connectivity index (χ4v) is 0.997. The van der Waals surface area contributed by atoms with Crippen molar-refractivity contribution in [1.82, 2.24) is 4.98 Å². The van der Waals surface area contributed by atoms with Gasteiger partial charge in [0.25, 0.3) is 0 Å². The molecule has 0 saturated heterocycles. The van der Waals surface area contributed by atoms with Crippen molar-refractivity contribution >= 4 is 0 Å². The Hall–Kier alpha value is -1.15. The van der Waals surface area contributed by atoms with Crippen molar-refractivity contribution in [2.75, 3.05) is 0 Å². The SMILES string of the molecule is C=CCCC(O)c1ccccn1. The summed E-state index contributed by atoms with van der Waals surface area (Å²) >= 11 is 0. The summed E-state index contributed by atoms with van der Waals surface area (Å²) in [6, 6.07) is 5.54. The molecule has 0 aliphatic rings. The second kappa shape index (κ2) is 4.67. The van der Waals surface area contributed by atoms with Gasteiger partial charge in [0.15, 0.2) is 0 Å². The van der Waals surface area contributed by atoms with Gasteiger partial charge in [-0.3, -0.25) is 4.98 Å². The Bertz CT molecular complexity index is 233. The minimum atomic E-state index is -0.454. The van der Waals surface area contributed by atoms with E-state index < -0.39 is 6.10 Å². The van der Waals surface area contributed by atoms with Gasteiger partial charge >= 0.3 is 0 Å². The number of aliphatic hydroxyl groups excluding tert-OH is 1. The summed E-state index contributed by atoms with van der Waals surface area (Å²) in [4.78, 5) is 4.05. The number of pyridine rings is 1. The van der Waals surface area contributed by atoms with Crippen LogP contribution in [0.5, 0.6) is 0 Å². The van der Waals surface area contributed by atoms with Gasteiger partial charge in [-0.05, 0) is 25.0 Å².